The van der Waals surface area contributed by atoms with Crippen molar-refractivity contribution in [3.05, 3.63) is 0 Å². The molecule has 1 aliphatic heterocycles. The number of carboxylic acid groups (broad SMARTS) is 1. The van der Waals surface area contributed by atoms with Crippen LogP contribution in [0.3, 0.4) is 0 Å². The Morgan fingerprint density at radius 3 is 2.47 bits per heavy atom. The number of carboxylic acids is 1. The molecule has 0 saturated carbocycles. The molecule has 1 unspecified atom stereocenters. The van der Waals surface area contributed by atoms with Crippen molar-refractivity contribution >= 4 is 16.0 Å². The molecule has 17 heavy (non-hydrogen) atoms. The Kier molecular flexibility index (Phi) is 5.39. The third kappa shape index (κ3) is 5.04. The van der Waals surface area contributed by atoms with E-state index in [1.807, 2.05) is 6.92 Å². The molecule has 1 fully saturated rings. The minimum absolute atomic E-state index is 0.207. The van der Waals surface area contributed by atoms with Crippen molar-refractivity contribution in [3.63, 3.8) is 0 Å². The van der Waals surface area contributed by atoms with Crippen molar-refractivity contribution in [3.8, 4) is 0 Å². The highest BCUT2D eigenvalue weighted by Gasteiger charge is 2.32. The first-order valence-electron chi connectivity index (χ1n) is 6.11. The van der Waals surface area contributed by atoms with Gasteiger partial charge in [0, 0.05) is 19.5 Å². The van der Waals surface area contributed by atoms with Gasteiger partial charge in [-0.05, 0) is 18.8 Å². The summed E-state index contributed by atoms with van der Waals surface area (Å²) in [6.45, 7) is 3.17. The summed E-state index contributed by atoms with van der Waals surface area (Å²) in [5.74, 6) is -0.264. The van der Waals surface area contributed by atoms with E-state index in [9.17, 15) is 13.2 Å². The first-order chi connectivity index (χ1) is 7.92. The Morgan fingerprint density at radius 2 is 1.94 bits per heavy atom. The smallest absolute Gasteiger partial charge is 0.303 e. The maximum Gasteiger partial charge on any atom is 0.303 e. The molecule has 1 rings (SSSR count). The lowest BCUT2D eigenvalue weighted by atomic mass is 10.1. The normalized spacial score (nSPS) is 23.9. The first kappa shape index (κ1) is 14.4. The summed E-state index contributed by atoms with van der Waals surface area (Å²) in [4.78, 5) is 10.3. The van der Waals surface area contributed by atoms with Crippen molar-refractivity contribution in [1.82, 2.24) is 4.31 Å². The zero-order chi connectivity index (χ0) is 12.9. The van der Waals surface area contributed by atoms with E-state index in [0.717, 1.165) is 19.3 Å². The average Bonchev–Trinajstić information content (AvgIpc) is 2.44. The lowest BCUT2D eigenvalue weighted by Gasteiger charge is -2.13. The quantitative estimate of drug-likeness (QED) is 0.703. The molecule has 0 aromatic rings. The van der Waals surface area contributed by atoms with Crippen molar-refractivity contribution in [2.24, 2.45) is 5.92 Å². The lowest BCUT2D eigenvalue weighted by Crippen LogP contribution is -2.26. The van der Waals surface area contributed by atoms with Crippen LogP contribution in [0.5, 0.6) is 0 Å². The second-order valence-corrected chi connectivity index (χ2v) is 6.81. The maximum absolute atomic E-state index is 11.6. The Labute approximate surface area is 103 Å². The van der Waals surface area contributed by atoms with Crippen LogP contribution in [0.1, 0.15) is 39.0 Å². The van der Waals surface area contributed by atoms with Crippen molar-refractivity contribution < 1.29 is 18.3 Å². The molecule has 0 radical (unpaired) electrons. The van der Waals surface area contributed by atoms with Crippen LogP contribution < -0.4 is 0 Å². The van der Waals surface area contributed by atoms with E-state index in [-0.39, 0.29) is 18.1 Å². The fourth-order valence-corrected chi connectivity index (χ4v) is 4.05. The molecule has 0 amide bonds. The van der Waals surface area contributed by atoms with E-state index in [4.69, 9.17) is 5.11 Å². The standard InChI is InChI=1S/C11H21NO4S/c1-10-8-12(17(15,16)9-10)7-5-3-2-4-6-11(13)14/h10H,2-9H2,1H3,(H,13,14). The minimum Gasteiger partial charge on any atom is -0.481 e. The zero-order valence-electron chi connectivity index (χ0n) is 10.3. The minimum atomic E-state index is -3.00. The van der Waals surface area contributed by atoms with Gasteiger partial charge in [0.2, 0.25) is 10.0 Å². The molecule has 1 aliphatic rings. The van der Waals surface area contributed by atoms with E-state index in [0.29, 0.717) is 19.5 Å². The van der Waals surface area contributed by atoms with Crippen LogP contribution >= 0.6 is 0 Å². The van der Waals surface area contributed by atoms with Crippen LogP contribution in [-0.4, -0.2) is 42.6 Å². The highest BCUT2D eigenvalue weighted by atomic mass is 32.2. The van der Waals surface area contributed by atoms with Gasteiger partial charge in [-0.25, -0.2) is 12.7 Å². The molecular formula is C11H21NO4S. The molecule has 1 N–H and O–H groups in total. The van der Waals surface area contributed by atoms with Gasteiger partial charge in [-0.2, -0.15) is 0 Å². The second kappa shape index (κ2) is 6.35. The number of rotatable bonds is 7. The number of hydrogen-bond donors (Lipinski definition) is 1. The van der Waals surface area contributed by atoms with E-state index in [1.54, 1.807) is 4.31 Å². The van der Waals surface area contributed by atoms with E-state index < -0.39 is 16.0 Å². The number of sulfonamides is 1. The summed E-state index contributed by atoms with van der Waals surface area (Å²) in [7, 11) is -3.00. The monoisotopic (exact) mass is 263 g/mol. The van der Waals surface area contributed by atoms with Crippen LogP contribution in [0.15, 0.2) is 0 Å². The number of nitrogens with zero attached hydrogens (tertiary/aromatic N) is 1. The van der Waals surface area contributed by atoms with Crippen LogP contribution in [0, 0.1) is 5.92 Å². The van der Waals surface area contributed by atoms with Gasteiger partial charge in [0.1, 0.15) is 0 Å². The van der Waals surface area contributed by atoms with Gasteiger partial charge in [0.05, 0.1) is 5.75 Å². The summed E-state index contributed by atoms with van der Waals surface area (Å²) >= 11 is 0. The van der Waals surface area contributed by atoms with Crippen molar-refractivity contribution in [2.45, 2.75) is 39.0 Å². The van der Waals surface area contributed by atoms with Crippen molar-refractivity contribution in [1.29, 1.82) is 0 Å². The number of hydrogen-bond acceptors (Lipinski definition) is 3. The largest absolute Gasteiger partial charge is 0.481 e. The third-order valence-electron chi connectivity index (χ3n) is 2.95. The zero-order valence-corrected chi connectivity index (χ0v) is 11.1. The molecular weight excluding hydrogens is 242 g/mol. The van der Waals surface area contributed by atoms with Gasteiger partial charge in [-0.1, -0.05) is 19.8 Å². The number of unbranched alkanes of at least 4 members (excludes halogenated alkanes) is 3. The SMILES string of the molecule is CC1CN(CCCCCCC(=O)O)S(=O)(=O)C1. The first-order valence-corrected chi connectivity index (χ1v) is 7.72. The predicted octanol–water partition coefficient (Wildman–Crippen LogP) is 1.30. The molecule has 6 heteroatoms. The molecule has 1 heterocycles. The highest BCUT2D eigenvalue weighted by Crippen LogP contribution is 2.19. The van der Waals surface area contributed by atoms with Crippen LogP contribution in [0.2, 0.25) is 0 Å². The number of carbonyl (C=O) groups is 1. The Bertz CT molecular complexity index is 352. The van der Waals surface area contributed by atoms with Crippen molar-refractivity contribution in [2.75, 3.05) is 18.8 Å². The molecule has 0 aromatic heterocycles. The van der Waals surface area contributed by atoms with Gasteiger partial charge in [-0.3, -0.25) is 4.79 Å². The van der Waals surface area contributed by atoms with Crippen LogP contribution in [-0.2, 0) is 14.8 Å². The van der Waals surface area contributed by atoms with Gasteiger partial charge in [-0.15, -0.1) is 0 Å². The second-order valence-electron chi connectivity index (χ2n) is 4.80. The molecule has 100 valence electrons. The summed E-state index contributed by atoms with van der Waals surface area (Å²) in [5, 5.41) is 8.45. The molecule has 0 aliphatic carbocycles. The maximum atomic E-state index is 11.6. The Hall–Kier alpha value is -0.620. The molecule has 1 saturated heterocycles. The Morgan fingerprint density at radius 1 is 1.29 bits per heavy atom. The van der Waals surface area contributed by atoms with Gasteiger partial charge < -0.3 is 5.11 Å². The molecule has 5 nitrogen and oxygen atoms in total. The van der Waals surface area contributed by atoms with Crippen LogP contribution in [0.25, 0.3) is 0 Å². The van der Waals surface area contributed by atoms with E-state index in [1.165, 1.54) is 0 Å². The lowest BCUT2D eigenvalue weighted by molar-refractivity contribution is -0.137. The average molecular weight is 263 g/mol. The van der Waals surface area contributed by atoms with Crippen LogP contribution in [0.4, 0.5) is 0 Å². The van der Waals surface area contributed by atoms with Gasteiger partial charge in [0.15, 0.2) is 0 Å². The van der Waals surface area contributed by atoms with Gasteiger partial charge >= 0.3 is 5.97 Å². The van der Waals surface area contributed by atoms with E-state index >= 15 is 0 Å². The summed E-state index contributed by atoms with van der Waals surface area (Å²) in [6.07, 6.45) is 3.46. The predicted molar refractivity (Wildman–Crippen MR) is 65.2 cm³/mol. The molecule has 0 aromatic carbocycles. The molecule has 1 atom stereocenters. The summed E-state index contributed by atoms with van der Waals surface area (Å²) in [5.41, 5.74) is 0. The summed E-state index contributed by atoms with van der Waals surface area (Å²) < 4.78 is 24.8. The number of aliphatic carboxylic acids is 1. The fraction of sp³-hybridized carbons (Fsp3) is 0.909. The Balaban J connectivity index is 2.13. The fourth-order valence-electron chi connectivity index (χ4n) is 2.13. The molecule has 0 spiro atoms. The van der Waals surface area contributed by atoms with E-state index in [2.05, 4.69) is 0 Å². The molecule has 0 bridgehead atoms. The highest BCUT2D eigenvalue weighted by molar-refractivity contribution is 7.89. The van der Waals surface area contributed by atoms with Gasteiger partial charge in [0.25, 0.3) is 0 Å². The summed E-state index contributed by atoms with van der Waals surface area (Å²) in [6, 6.07) is 0. The third-order valence-corrected chi connectivity index (χ3v) is 5.06. The topological polar surface area (TPSA) is 74.7 Å².